The first-order valence-electron chi connectivity index (χ1n) is 8.88. The summed E-state index contributed by atoms with van der Waals surface area (Å²) in [4.78, 5) is 16.5. The maximum atomic E-state index is 11.8. The van der Waals surface area contributed by atoms with Crippen molar-refractivity contribution in [2.75, 3.05) is 5.32 Å². The van der Waals surface area contributed by atoms with Gasteiger partial charge in [0.15, 0.2) is 5.76 Å². The predicted octanol–water partition coefficient (Wildman–Crippen LogP) is 4.32. The number of anilines is 1. The molecule has 0 saturated carbocycles. The fourth-order valence-corrected chi connectivity index (χ4v) is 3.22. The Hall–Kier alpha value is -3.08. The van der Waals surface area contributed by atoms with E-state index in [0.29, 0.717) is 12.4 Å². The summed E-state index contributed by atoms with van der Waals surface area (Å²) < 4.78 is 6.09. The molecule has 1 atom stereocenters. The van der Waals surface area contributed by atoms with Gasteiger partial charge in [0.1, 0.15) is 6.04 Å². The molecule has 26 heavy (non-hydrogen) atoms. The summed E-state index contributed by atoms with van der Waals surface area (Å²) in [6, 6.07) is 15.8. The number of aromatic nitrogens is 1. The van der Waals surface area contributed by atoms with Crippen molar-refractivity contribution in [1.29, 1.82) is 0 Å². The molecule has 2 N–H and O–H groups in total. The molecule has 0 radical (unpaired) electrons. The molecule has 3 aromatic rings. The molecule has 1 aliphatic heterocycles. The lowest BCUT2D eigenvalue weighted by atomic mass is 10.1. The zero-order chi connectivity index (χ0) is 18.1. The van der Waals surface area contributed by atoms with Crippen molar-refractivity contribution in [3.63, 3.8) is 0 Å². The van der Waals surface area contributed by atoms with Crippen LogP contribution in [0.1, 0.15) is 47.4 Å². The summed E-state index contributed by atoms with van der Waals surface area (Å²) in [6.07, 6.45) is 0.805. The van der Waals surface area contributed by atoms with E-state index in [1.165, 1.54) is 0 Å². The molecule has 0 bridgehead atoms. The van der Waals surface area contributed by atoms with Crippen LogP contribution in [0, 0.1) is 0 Å². The first-order valence-corrected chi connectivity index (χ1v) is 8.88. The molecule has 2 aromatic carbocycles. The van der Waals surface area contributed by atoms with E-state index < -0.39 is 0 Å². The van der Waals surface area contributed by atoms with E-state index in [2.05, 4.69) is 22.5 Å². The van der Waals surface area contributed by atoms with Crippen LogP contribution >= 0.6 is 0 Å². The van der Waals surface area contributed by atoms with Gasteiger partial charge in [0, 0.05) is 23.4 Å². The van der Waals surface area contributed by atoms with Crippen LogP contribution in [0.3, 0.4) is 0 Å². The van der Waals surface area contributed by atoms with Crippen molar-refractivity contribution < 1.29 is 9.21 Å². The number of benzene rings is 2. The van der Waals surface area contributed by atoms with Gasteiger partial charge in [-0.1, -0.05) is 43.3 Å². The van der Waals surface area contributed by atoms with E-state index in [4.69, 9.17) is 4.42 Å². The molecule has 1 aromatic heterocycles. The van der Waals surface area contributed by atoms with Crippen molar-refractivity contribution >= 4 is 11.6 Å². The van der Waals surface area contributed by atoms with E-state index in [1.807, 2.05) is 55.5 Å². The summed E-state index contributed by atoms with van der Waals surface area (Å²) in [5.41, 5.74) is 4.63. The molecule has 0 aliphatic carbocycles. The van der Waals surface area contributed by atoms with Gasteiger partial charge in [-0.15, -0.1) is 0 Å². The van der Waals surface area contributed by atoms with Gasteiger partial charge in [0.05, 0.1) is 5.69 Å². The standard InChI is InChI=1S/C21H21N3O2/c1-3-18-19(14-7-5-4-6-8-14)26-21(24-18)13(2)23-16-10-9-15-12-22-20(25)17(15)11-16/h4-11,13,23H,3,12H2,1-2H3,(H,22,25). The first-order chi connectivity index (χ1) is 12.7. The Bertz CT molecular complexity index is 947. The number of nitrogens with zero attached hydrogens (tertiary/aromatic N) is 1. The van der Waals surface area contributed by atoms with Crippen molar-refractivity contribution in [3.8, 4) is 11.3 Å². The van der Waals surface area contributed by atoms with Gasteiger partial charge in [-0.2, -0.15) is 0 Å². The minimum absolute atomic E-state index is 0.0212. The van der Waals surface area contributed by atoms with Crippen molar-refractivity contribution in [1.82, 2.24) is 10.3 Å². The monoisotopic (exact) mass is 347 g/mol. The molecular weight excluding hydrogens is 326 g/mol. The second kappa shape index (κ2) is 6.67. The second-order valence-electron chi connectivity index (χ2n) is 6.47. The number of aryl methyl sites for hydroxylation is 1. The average molecular weight is 347 g/mol. The van der Waals surface area contributed by atoms with Crippen LogP contribution in [0.2, 0.25) is 0 Å². The number of carbonyl (C=O) groups is 1. The van der Waals surface area contributed by atoms with Gasteiger partial charge in [-0.25, -0.2) is 4.98 Å². The minimum atomic E-state index is -0.111. The molecule has 1 unspecified atom stereocenters. The van der Waals surface area contributed by atoms with E-state index in [1.54, 1.807) is 0 Å². The highest BCUT2D eigenvalue weighted by Crippen LogP contribution is 2.29. The molecule has 5 nitrogen and oxygen atoms in total. The Morgan fingerprint density at radius 2 is 2.04 bits per heavy atom. The summed E-state index contributed by atoms with van der Waals surface area (Å²) in [7, 11) is 0. The number of nitrogens with one attached hydrogen (secondary N) is 2. The molecular formula is C21H21N3O2. The smallest absolute Gasteiger partial charge is 0.251 e. The predicted molar refractivity (Wildman–Crippen MR) is 101 cm³/mol. The largest absolute Gasteiger partial charge is 0.438 e. The van der Waals surface area contributed by atoms with Gasteiger partial charge >= 0.3 is 0 Å². The Morgan fingerprint density at radius 1 is 1.23 bits per heavy atom. The van der Waals surface area contributed by atoms with E-state index >= 15 is 0 Å². The number of rotatable bonds is 5. The molecule has 1 aliphatic rings. The molecule has 132 valence electrons. The van der Waals surface area contributed by atoms with Crippen LogP contribution in [0.15, 0.2) is 52.9 Å². The fourth-order valence-electron chi connectivity index (χ4n) is 3.22. The van der Waals surface area contributed by atoms with Crippen LogP contribution in [0.4, 0.5) is 5.69 Å². The first kappa shape index (κ1) is 16.4. The van der Waals surface area contributed by atoms with Crippen LogP contribution in [-0.4, -0.2) is 10.9 Å². The van der Waals surface area contributed by atoms with Gasteiger partial charge in [0.2, 0.25) is 5.89 Å². The van der Waals surface area contributed by atoms with Crippen LogP contribution in [0.25, 0.3) is 11.3 Å². The minimum Gasteiger partial charge on any atom is -0.438 e. The zero-order valence-electron chi connectivity index (χ0n) is 14.9. The maximum absolute atomic E-state index is 11.8. The van der Waals surface area contributed by atoms with Gasteiger partial charge in [-0.3, -0.25) is 4.79 Å². The summed E-state index contributed by atoms with van der Waals surface area (Å²) in [5.74, 6) is 1.45. The summed E-state index contributed by atoms with van der Waals surface area (Å²) in [6.45, 7) is 4.68. The SMILES string of the molecule is CCc1nc(C(C)Nc2ccc3c(c2)C(=O)NC3)oc1-c1ccccc1. The molecule has 4 rings (SSSR count). The normalized spacial score (nSPS) is 14.0. The third kappa shape index (κ3) is 2.96. The lowest BCUT2D eigenvalue weighted by molar-refractivity contribution is 0.0966. The molecule has 0 saturated heterocycles. The zero-order valence-corrected chi connectivity index (χ0v) is 14.9. The number of carbonyl (C=O) groups excluding carboxylic acids is 1. The molecule has 1 amide bonds. The number of fused-ring (bicyclic) bond motifs is 1. The number of hydrogen-bond donors (Lipinski definition) is 2. The Labute approximate surface area is 152 Å². The van der Waals surface area contributed by atoms with Crippen molar-refractivity contribution in [2.24, 2.45) is 0 Å². The average Bonchev–Trinajstić information content (AvgIpc) is 3.27. The second-order valence-corrected chi connectivity index (χ2v) is 6.47. The van der Waals surface area contributed by atoms with E-state index in [-0.39, 0.29) is 11.9 Å². The molecule has 2 heterocycles. The fraction of sp³-hybridized carbons (Fsp3) is 0.238. The van der Waals surface area contributed by atoms with Crippen molar-refractivity contribution in [3.05, 3.63) is 71.2 Å². The highest BCUT2D eigenvalue weighted by molar-refractivity contribution is 5.99. The quantitative estimate of drug-likeness (QED) is 0.721. The Balaban J connectivity index is 1.59. The van der Waals surface area contributed by atoms with Crippen LogP contribution in [-0.2, 0) is 13.0 Å². The van der Waals surface area contributed by atoms with Crippen molar-refractivity contribution in [2.45, 2.75) is 32.9 Å². The number of hydrogen-bond acceptors (Lipinski definition) is 4. The lowest BCUT2D eigenvalue weighted by Gasteiger charge is -2.12. The van der Waals surface area contributed by atoms with Crippen LogP contribution in [0.5, 0.6) is 0 Å². The highest BCUT2D eigenvalue weighted by atomic mass is 16.4. The van der Waals surface area contributed by atoms with Crippen LogP contribution < -0.4 is 10.6 Å². The highest BCUT2D eigenvalue weighted by Gasteiger charge is 2.21. The maximum Gasteiger partial charge on any atom is 0.251 e. The van der Waals surface area contributed by atoms with Gasteiger partial charge in [-0.05, 0) is 31.0 Å². The lowest BCUT2D eigenvalue weighted by Crippen LogP contribution is -2.12. The van der Waals surface area contributed by atoms with Gasteiger partial charge < -0.3 is 15.1 Å². The topological polar surface area (TPSA) is 67.2 Å². The molecule has 0 spiro atoms. The Kier molecular flexibility index (Phi) is 4.21. The summed E-state index contributed by atoms with van der Waals surface area (Å²) in [5, 5.41) is 6.22. The summed E-state index contributed by atoms with van der Waals surface area (Å²) >= 11 is 0. The van der Waals surface area contributed by atoms with E-state index in [9.17, 15) is 4.79 Å². The third-order valence-corrected chi connectivity index (χ3v) is 4.63. The van der Waals surface area contributed by atoms with Gasteiger partial charge in [0.25, 0.3) is 5.91 Å². The number of oxazole rings is 1. The Morgan fingerprint density at radius 3 is 2.81 bits per heavy atom. The number of amides is 1. The molecule has 5 heteroatoms. The molecule has 0 fully saturated rings. The van der Waals surface area contributed by atoms with E-state index in [0.717, 1.165) is 40.3 Å². The third-order valence-electron chi connectivity index (χ3n) is 4.63.